The van der Waals surface area contributed by atoms with E-state index in [-0.39, 0.29) is 10.6 Å². The fraction of sp³-hybridized carbons (Fsp3) is 0.429. The van der Waals surface area contributed by atoms with Gasteiger partial charge in [0.15, 0.2) is 5.65 Å². The predicted octanol–water partition coefficient (Wildman–Crippen LogP) is 0.401. The van der Waals surface area contributed by atoms with Crippen LogP contribution < -0.4 is 9.80 Å². The topological polar surface area (TPSA) is 111 Å². The fourth-order valence-electron chi connectivity index (χ4n) is 3.24. The molecule has 0 aliphatic carbocycles. The quantitative estimate of drug-likeness (QED) is 0.496. The molecule has 0 N–H and O–H groups in total. The molecule has 1 aliphatic heterocycles. The minimum absolute atomic E-state index is 0.0833. The molecule has 0 radical (unpaired) electrons. The van der Waals surface area contributed by atoms with Crippen LogP contribution in [0.4, 0.5) is 17.3 Å². The van der Waals surface area contributed by atoms with Gasteiger partial charge in [0, 0.05) is 33.2 Å². The van der Waals surface area contributed by atoms with Crippen molar-refractivity contribution in [2.75, 3.05) is 36.0 Å². The third-order valence-corrected chi connectivity index (χ3v) is 4.39. The van der Waals surface area contributed by atoms with Crippen molar-refractivity contribution in [3.05, 3.63) is 34.3 Å². The molecule has 25 heavy (non-hydrogen) atoms. The van der Waals surface area contributed by atoms with Gasteiger partial charge < -0.3 is 9.80 Å². The summed E-state index contributed by atoms with van der Waals surface area (Å²) in [6, 6.07) is 3.79. The van der Waals surface area contributed by atoms with E-state index in [1.54, 1.807) is 29.5 Å². The standard InChI is InChI=1S/C14H17N9O2/c1-10-13(23(24)25)14(19(2)17-10)21-7-5-20(6-8-21)12-4-3-11-16-15-9-22(11)18-12/h3-4,9H,5-8H2,1-2H3. The molecule has 0 bridgehead atoms. The Hall–Kier alpha value is -3.24. The molecule has 3 aromatic heterocycles. The second kappa shape index (κ2) is 5.69. The Morgan fingerprint density at radius 3 is 2.56 bits per heavy atom. The Balaban J connectivity index is 1.54. The maximum atomic E-state index is 11.4. The lowest BCUT2D eigenvalue weighted by atomic mass is 10.3. The Morgan fingerprint density at radius 2 is 1.84 bits per heavy atom. The van der Waals surface area contributed by atoms with E-state index in [9.17, 15) is 10.1 Å². The lowest BCUT2D eigenvalue weighted by Gasteiger charge is -2.35. The molecule has 3 aromatic rings. The van der Waals surface area contributed by atoms with Crippen molar-refractivity contribution in [3.63, 3.8) is 0 Å². The number of piperazine rings is 1. The van der Waals surface area contributed by atoms with Gasteiger partial charge in [-0.05, 0) is 19.1 Å². The zero-order valence-electron chi connectivity index (χ0n) is 13.9. The van der Waals surface area contributed by atoms with Gasteiger partial charge in [-0.15, -0.1) is 15.3 Å². The maximum Gasteiger partial charge on any atom is 0.333 e. The lowest BCUT2D eigenvalue weighted by Crippen LogP contribution is -2.47. The van der Waals surface area contributed by atoms with Crippen LogP contribution in [0.2, 0.25) is 0 Å². The van der Waals surface area contributed by atoms with Gasteiger partial charge >= 0.3 is 5.69 Å². The summed E-state index contributed by atoms with van der Waals surface area (Å²) in [5, 5.41) is 27.8. The minimum atomic E-state index is -0.356. The van der Waals surface area contributed by atoms with Crippen LogP contribution in [0.5, 0.6) is 0 Å². The molecule has 4 rings (SSSR count). The van der Waals surface area contributed by atoms with Crippen molar-refractivity contribution >= 4 is 23.0 Å². The molecule has 1 aliphatic rings. The molecule has 1 fully saturated rings. The van der Waals surface area contributed by atoms with Crippen molar-refractivity contribution < 1.29 is 4.92 Å². The second-order valence-electron chi connectivity index (χ2n) is 5.94. The van der Waals surface area contributed by atoms with Crippen molar-refractivity contribution in [1.29, 1.82) is 0 Å². The lowest BCUT2D eigenvalue weighted by molar-refractivity contribution is -0.384. The number of fused-ring (bicyclic) bond motifs is 1. The molecular formula is C14H17N9O2. The van der Waals surface area contributed by atoms with E-state index < -0.39 is 0 Å². The average Bonchev–Trinajstić information content (AvgIpc) is 3.17. The number of nitrogens with zero attached hydrogens (tertiary/aromatic N) is 9. The van der Waals surface area contributed by atoms with E-state index >= 15 is 0 Å². The number of aryl methyl sites for hydroxylation is 2. The van der Waals surface area contributed by atoms with Crippen molar-refractivity contribution in [2.45, 2.75) is 6.92 Å². The largest absolute Gasteiger partial charge is 0.352 e. The first kappa shape index (κ1) is 15.3. The summed E-state index contributed by atoms with van der Waals surface area (Å²) in [5.74, 6) is 1.40. The molecule has 4 heterocycles. The SMILES string of the molecule is Cc1nn(C)c(N2CCN(c3ccc4nncn4n3)CC2)c1[N+](=O)[O-]. The smallest absolute Gasteiger partial charge is 0.333 e. The first-order chi connectivity index (χ1) is 12.0. The number of anilines is 2. The zero-order chi connectivity index (χ0) is 17.6. The molecular weight excluding hydrogens is 326 g/mol. The highest BCUT2D eigenvalue weighted by atomic mass is 16.6. The first-order valence-corrected chi connectivity index (χ1v) is 7.89. The second-order valence-corrected chi connectivity index (χ2v) is 5.94. The summed E-state index contributed by atoms with van der Waals surface area (Å²) in [6.45, 7) is 4.39. The molecule has 11 nitrogen and oxygen atoms in total. The Kier molecular flexibility index (Phi) is 3.48. The summed E-state index contributed by atoms with van der Waals surface area (Å²) in [6.07, 6.45) is 1.57. The maximum absolute atomic E-state index is 11.4. The molecule has 0 saturated carbocycles. The third-order valence-electron chi connectivity index (χ3n) is 4.39. The highest BCUT2D eigenvalue weighted by molar-refractivity contribution is 5.62. The first-order valence-electron chi connectivity index (χ1n) is 7.89. The minimum Gasteiger partial charge on any atom is -0.352 e. The Labute approximate surface area is 142 Å². The Bertz CT molecular complexity index is 939. The predicted molar refractivity (Wildman–Crippen MR) is 89.8 cm³/mol. The molecule has 0 atom stereocenters. The number of rotatable bonds is 3. The summed E-state index contributed by atoms with van der Waals surface area (Å²) in [4.78, 5) is 15.2. The van der Waals surface area contributed by atoms with Crippen LogP contribution >= 0.6 is 0 Å². The van der Waals surface area contributed by atoms with Crippen LogP contribution in [0.1, 0.15) is 5.69 Å². The van der Waals surface area contributed by atoms with Crippen LogP contribution in [0.3, 0.4) is 0 Å². The van der Waals surface area contributed by atoms with E-state index in [4.69, 9.17) is 0 Å². The number of hydrogen-bond acceptors (Lipinski definition) is 8. The normalized spacial score (nSPS) is 15.1. The summed E-state index contributed by atoms with van der Waals surface area (Å²) >= 11 is 0. The number of nitro groups is 1. The molecule has 130 valence electrons. The third kappa shape index (κ3) is 2.53. The summed E-state index contributed by atoms with van der Waals surface area (Å²) in [5.41, 5.74) is 1.22. The molecule has 0 amide bonds. The van der Waals surface area contributed by atoms with Gasteiger partial charge in [0.05, 0.1) is 4.92 Å². The molecule has 0 aromatic carbocycles. The van der Waals surface area contributed by atoms with Crippen LogP contribution in [0, 0.1) is 17.0 Å². The monoisotopic (exact) mass is 343 g/mol. The Morgan fingerprint density at radius 1 is 1.12 bits per heavy atom. The zero-order valence-corrected chi connectivity index (χ0v) is 13.9. The van der Waals surface area contributed by atoms with E-state index in [2.05, 4.69) is 25.3 Å². The number of hydrogen-bond donors (Lipinski definition) is 0. The van der Waals surface area contributed by atoms with Gasteiger partial charge in [-0.1, -0.05) is 0 Å². The van der Waals surface area contributed by atoms with E-state index in [1.807, 2.05) is 17.0 Å². The van der Waals surface area contributed by atoms with E-state index in [0.29, 0.717) is 43.3 Å². The van der Waals surface area contributed by atoms with Crippen molar-refractivity contribution in [1.82, 2.24) is 29.6 Å². The van der Waals surface area contributed by atoms with Crippen molar-refractivity contribution in [3.8, 4) is 0 Å². The van der Waals surface area contributed by atoms with Gasteiger partial charge in [-0.2, -0.15) is 9.61 Å². The average molecular weight is 343 g/mol. The molecule has 1 saturated heterocycles. The highest BCUT2D eigenvalue weighted by Crippen LogP contribution is 2.31. The fourth-order valence-corrected chi connectivity index (χ4v) is 3.24. The summed E-state index contributed by atoms with van der Waals surface area (Å²) < 4.78 is 3.22. The number of aromatic nitrogens is 6. The van der Waals surface area contributed by atoms with Gasteiger partial charge in [-0.25, -0.2) is 4.68 Å². The summed E-state index contributed by atoms with van der Waals surface area (Å²) in [7, 11) is 1.74. The van der Waals surface area contributed by atoms with Gasteiger partial charge in [0.25, 0.3) is 0 Å². The van der Waals surface area contributed by atoms with Crippen LogP contribution in [0.25, 0.3) is 5.65 Å². The highest BCUT2D eigenvalue weighted by Gasteiger charge is 2.30. The molecule has 0 unspecified atom stereocenters. The van der Waals surface area contributed by atoms with Crippen molar-refractivity contribution in [2.24, 2.45) is 7.05 Å². The molecule has 0 spiro atoms. The van der Waals surface area contributed by atoms with Gasteiger partial charge in [0.2, 0.25) is 5.82 Å². The van der Waals surface area contributed by atoms with Gasteiger partial charge in [0.1, 0.15) is 17.8 Å². The van der Waals surface area contributed by atoms with E-state index in [1.165, 1.54) is 0 Å². The van der Waals surface area contributed by atoms with E-state index in [0.717, 1.165) is 5.82 Å². The van der Waals surface area contributed by atoms with Crippen LogP contribution in [-0.4, -0.2) is 60.7 Å². The van der Waals surface area contributed by atoms with Crippen LogP contribution in [-0.2, 0) is 7.05 Å². The van der Waals surface area contributed by atoms with Gasteiger partial charge in [-0.3, -0.25) is 10.1 Å². The molecule has 11 heteroatoms. The van der Waals surface area contributed by atoms with Crippen LogP contribution in [0.15, 0.2) is 18.5 Å².